The minimum Gasteiger partial charge on any atom is -0.465 e. The number of carbonyl (C=O) groups excluding carboxylic acids is 3. The van der Waals surface area contributed by atoms with Crippen LogP contribution in [0.2, 0.25) is 0 Å². The zero-order valence-corrected chi connectivity index (χ0v) is 21.2. The molecule has 0 aliphatic carbocycles. The zero-order chi connectivity index (χ0) is 27.8. The fraction of sp³-hybridized carbons (Fsp3) is 0.148. The van der Waals surface area contributed by atoms with Gasteiger partial charge >= 0.3 is 30.0 Å². The molecule has 1 aliphatic heterocycles. The highest BCUT2D eigenvalue weighted by molar-refractivity contribution is 5.93. The lowest BCUT2D eigenvalue weighted by Gasteiger charge is -2.26. The number of nitrogens with zero attached hydrogens (tertiary/aromatic N) is 3. The molecule has 3 aromatic carbocycles. The van der Waals surface area contributed by atoms with Crippen LogP contribution in [0.25, 0.3) is 0 Å². The fourth-order valence-electron chi connectivity index (χ4n) is 3.22. The largest absolute Gasteiger partial charge is 0.465 e. The van der Waals surface area contributed by atoms with Gasteiger partial charge in [-0.05, 0) is 72.8 Å². The minimum atomic E-state index is -0.488. The molecule has 0 fully saturated rings. The summed E-state index contributed by atoms with van der Waals surface area (Å²) in [4.78, 5) is 49.6. The normalized spacial score (nSPS) is 12.4. The molecular formula is C27H23N3O9. The van der Waals surface area contributed by atoms with Gasteiger partial charge in [0.25, 0.3) is 0 Å². The highest BCUT2D eigenvalue weighted by Gasteiger charge is 2.24. The number of ether oxygens (including phenoxy) is 5. The van der Waals surface area contributed by atoms with E-state index in [-0.39, 0.29) is 18.7 Å². The maximum absolute atomic E-state index is 11.7. The van der Waals surface area contributed by atoms with Crippen molar-refractivity contribution in [3.05, 3.63) is 89.5 Å². The van der Waals surface area contributed by atoms with Crippen molar-refractivity contribution >= 4 is 30.0 Å². The number of esters is 3. The monoisotopic (exact) mass is 533 g/mol. The molecule has 3 aromatic rings. The first-order valence-corrected chi connectivity index (χ1v) is 11.4. The summed E-state index contributed by atoms with van der Waals surface area (Å²) in [6.07, 6.45) is 0. The number of carbonyl (C=O) groups is 3. The molecule has 0 aromatic heterocycles. The second-order valence-electron chi connectivity index (χ2n) is 7.70. The van der Waals surface area contributed by atoms with Gasteiger partial charge in [-0.3, -0.25) is 0 Å². The molecule has 12 nitrogen and oxygen atoms in total. The Kier molecular flexibility index (Phi) is 8.36. The van der Waals surface area contributed by atoms with Gasteiger partial charge in [-0.15, -0.1) is 10.1 Å². The van der Waals surface area contributed by atoms with E-state index in [0.29, 0.717) is 33.9 Å². The topological polar surface area (TPSA) is 135 Å². The van der Waals surface area contributed by atoms with Gasteiger partial charge in [-0.2, -0.15) is 0 Å². The first-order chi connectivity index (χ1) is 18.9. The lowest BCUT2D eigenvalue weighted by molar-refractivity contribution is 0.00203. The Labute approximate surface area is 222 Å². The molecule has 0 radical (unpaired) electrons. The summed E-state index contributed by atoms with van der Waals surface area (Å²) in [7, 11) is 3.88. The van der Waals surface area contributed by atoms with Gasteiger partial charge in [0.1, 0.15) is 11.5 Å². The summed E-state index contributed by atoms with van der Waals surface area (Å²) >= 11 is 0. The van der Waals surface area contributed by atoms with E-state index in [1.54, 1.807) is 60.7 Å². The summed E-state index contributed by atoms with van der Waals surface area (Å²) in [5.74, 6) is -0.349. The lowest BCUT2D eigenvalue weighted by Crippen LogP contribution is -2.42. The number of hydrogen-bond acceptors (Lipinski definition) is 12. The Balaban J connectivity index is 1.54. The molecule has 39 heavy (non-hydrogen) atoms. The van der Waals surface area contributed by atoms with E-state index < -0.39 is 17.9 Å². The molecule has 1 heterocycles. The van der Waals surface area contributed by atoms with E-state index in [4.69, 9.17) is 28.5 Å². The Morgan fingerprint density at radius 1 is 0.615 bits per heavy atom. The van der Waals surface area contributed by atoms with Crippen LogP contribution in [0, 0.1) is 0 Å². The molecule has 0 saturated heterocycles. The maximum atomic E-state index is 11.7. The van der Waals surface area contributed by atoms with Gasteiger partial charge in [-0.1, -0.05) is 0 Å². The van der Waals surface area contributed by atoms with E-state index in [1.165, 1.54) is 38.5 Å². The van der Waals surface area contributed by atoms with Crippen molar-refractivity contribution in [3.8, 4) is 17.2 Å². The highest BCUT2D eigenvalue weighted by Crippen LogP contribution is 2.20. The molecule has 4 rings (SSSR count). The third kappa shape index (κ3) is 6.68. The fourth-order valence-corrected chi connectivity index (χ4v) is 3.22. The van der Waals surface area contributed by atoms with Gasteiger partial charge in [0.05, 0.1) is 38.0 Å². The van der Waals surface area contributed by atoms with Crippen molar-refractivity contribution in [2.45, 2.75) is 0 Å². The third-order valence-electron chi connectivity index (χ3n) is 5.20. The molecule has 12 heteroatoms. The Morgan fingerprint density at radius 3 is 1.46 bits per heavy atom. The average molecular weight is 533 g/mol. The summed E-state index contributed by atoms with van der Waals surface area (Å²) in [6, 6.07) is 18.6. The van der Waals surface area contributed by atoms with Crippen LogP contribution in [0.5, 0.6) is 17.2 Å². The van der Waals surface area contributed by atoms with Gasteiger partial charge in [-0.25, -0.2) is 19.4 Å². The van der Waals surface area contributed by atoms with E-state index >= 15 is 0 Å². The molecule has 0 N–H and O–H groups in total. The Morgan fingerprint density at radius 2 is 1.03 bits per heavy atom. The van der Waals surface area contributed by atoms with Crippen LogP contribution in [0.1, 0.15) is 31.1 Å². The molecule has 1 aliphatic rings. The number of amidine groups is 2. The molecule has 0 amide bonds. The number of aliphatic imine (C=N–C) groups is 2. The van der Waals surface area contributed by atoms with E-state index in [9.17, 15) is 14.4 Å². The Hall–Kier alpha value is -5.39. The first kappa shape index (κ1) is 26.7. The number of hydrogen-bond donors (Lipinski definition) is 0. The summed E-state index contributed by atoms with van der Waals surface area (Å²) in [5, 5.41) is 1.27. The lowest BCUT2D eigenvalue weighted by atomic mass is 10.2. The second kappa shape index (κ2) is 12.2. The van der Waals surface area contributed by atoms with Crippen molar-refractivity contribution in [3.63, 3.8) is 0 Å². The predicted molar refractivity (Wildman–Crippen MR) is 137 cm³/mol. The molecule has 0 unspecified atom stereocenters. The van der Waals surface area contributed by atoms with Crippen LogP contribution in [-0.2, 0) is 14.2 Å². The number of rotatable bonds is 7. The third-order valence-corrected chi connectivity index (χ3v) is 5.20. The van der Waals surface area contributed by atoms with Crippen molar-refractivity contribution in [1.82, 2.24) is 5.06 Å². The van der Waals surface area contributed by atoms with Crippen LogP contribution in [-0.4, -0.2) is 63.0 Å². The first-order valence-electron chi connectivity index (χ1n) is 11.4. The van der Waals surface area contributed by atoms with Gasteiger partial charge in [0.15, 0.2) is 12.4 Å². The Bertz CT molecular complexity index is 1400. The van der Waals surface area contributed by atoms with Crippen molar-refractivity contribution in [2.24, 2.45) is 9.98 Å². The van der Waals surface area contributed by atoms with E-state index in [2.05, 4.69) is 9.98 Å². The SMILES string of the molecule is COC(=O)c1ccc(OC2=NCN(Oc3ccc(C(=O)OC)cc3)C(Oc3ccc(C(=O)OC)cc3)=N2)cc1. The number of hydroxylamine groups is 2. The van der Waals surface area contributed by atoms with Crippen LogP contribution in [0.3, 0.4) is 0 Å². The summed E-state index contributed by atoms with van der Waals surface area (Å²) in [5.41, 5.74) is 1.05. The van der Waals surface area contributed by atoms with Crippen LogP contribution >= 0.6 is 0 Å². The van der Waals surface area contributed by atoms with Gasteiger partial charge in [0.2, 0.25) is 0 Å². The molecule has 0 bridgehead atoms. The average Bonchev–Trinajstić information content (AvgIpc) is 2.98. The van der Waals surface area contributed by atoms with Crippen LogP contribution < -0.4 is 14.3 Å². The predicted octanol–water partition coefficient (Wildman–Crippen LogP) is 3.48. The number of benzene rings is 3. The smallest absolute Gasteiger partial charge is 0.338 e. The van der Waals surface area contributed by atoms with Crippen molar-refractivity contribution in [1.29, 1.82) is 0 Å². The van der Waals surface area contributed by atoms with Crippen LogP contribution in [0.4, 0.5) is 0 Å². The van der Waals surface area contributed by atoms with E-state index in [0.717, 1.165) is 0 Å². The van der Waals surface area contributed by atoms with Gasteiger partial charge in [0, 0.05) is 0 Å². The second-order valence-corrected chi connectivity index (χ2v) is 7.70. The maximum Gasteiger partial charge on any atom is 0.338 e. The molecular weight excluding hydrogens is 510 g/mol. The molecule has 0 spiro atoms. The highest BCUT2D eigenvalue weighted by atomic mass is 16.7. The molecule has 0 saturated carbocycles. The number of methoxy groups -OCH3 is 3. The summed E-state index contributed by atoms with van der Waals surface area (Å²) in [6.45, 7) is -0.0621. The van der Waals surface area contributed by atoms with Crippen molar-refractivity contribution in [2.75, 3.05) is 28.0 Å². The molecule has 0 atom stereocenters. The quantitative estimate of drug-likeness (QED) is 0.328. The minimum absolute atomic E-state index is 0.0194. The van der Waals surface area contributed by atoms with E-state index in [1.807, 2.05) is 0 Å². The zero-order valence-electron chi connectivity index (χ0n) is 21.2. The standard InChI is InChI=1S/C27H23N3O9/c1-34-23(31)17-4-10-20(11-5-17)37-26-28-16-30(39-22-14-8-19(9-15-22)25(33)36-3)27(29-26)38-21-12-6-18(7-13-21)24(32)35-2/h4-15H,16H2,1-3H3. The van der Waals surface area contributed by atoms with Crippen LogP contribution in [0.15, 0.2) is 82.8 Å². The van der Waals surface area contributed by atoms with Gasteiger partial charge < -0.3 is 28.5 Å². The summed E-state index contributed by atoms with van der Waals surface area (Å²) < 4.78 is 25.8. The van der Waals surface area contributed by atoms with Crippen molar-refractivity contribution < 1.29 is 42.9 Å². The molecule has 200 valence electrons.